The van der Waals surface area contributed by atoms with Gasteiger partial charge in [0.15, 0.2) is 6.29 Å². The van der Waals surface area contributed by atoms with E-state index in [1.807, 2.05) is 6.08 Å². The monoisotopic (exact) mass is 1090 g/mol. The number of carbonyl (C=O) groups is 1. The third-order valence-electron chi connectivity index (χ3n) is 14.9. The van der Waals surface area contributed by atoms with Crippen LogP contribution in [-0.2, 0) is 14.3 Å². The first kappa shape index (κ1) is 73.1. The number of aliphatic hydroxyl groups is 5. The van der Waals surface area contributed by atoms with Crippen LogP contribution in [0.1, 0.15) is 277 Å². The Balaban J connectivity index is 2.20. The molecule has 9 heteroatoms. The smallest absolute Gasteiger partial charge is 0.220 e. The number of hydrogen-bond donors (Lipinski definition) is 6. The van der Waals surface area contributed by atoms with Gasteiger partial charge in [-0.3, -0.25) is 4.79 Å². The zero-order valence-corrected chi connectivity index (χ0v) is 50.1. The lowest BCUT2D eigenvalue weighted by atomic mass is 9.99. The summed E-state index contributed by atoms with van der Waals surface area (Å²) in [5.74, 6) is -0.190. The highest BCUT2D eigenvalue weighted by Crippen LogP contribution is 2.23. The number of amides is 1. The van der Waals surface area contributed by atoms with Gasteiger partial charge in [0, 0.05) is 6.42 Å². The minimum absolute atomic E-state index is 0.190. The third kappa shape index (κ3) is 45.8. The number of nitrogens with one attached hydrogen (secondary N) is 1. The van der Waals surface area contributed by atoms with Crippen LogP contribution in [0, 0.1) is 0 Å². The average Bonchev–Trinajstić information content (AvgIpc) is 3.45. The molecule has 450 valence electrons. The Labute approximate surface area is 479 Å². The third-order valence-corrected chi connectivity index (χ3v) is 14.9. The van der Waals surface area contributed by atoms with Gasteiger partial charge >= 0.3 is 0 Å². The van der Waals surface area contributed by atoms with Crippen molar-refractivity contribution in [2.45, 2.75) is 320 Å². The normalized spacial score (nSPS) is 19.3. The fourth-order valence-electron chi connectivity index (χ4n) is 9.83. The number of allylic oxidation sites excluding steroid dienone is 15. The quantitative estimate of drug-likeness (QED) is 0.0261. The van der Waals surface area contributed by atoms with Gasteiger partial charge in [-0.1, -0.05) is 284 Å². The summed E-state index contributed by atoms with van der Waals surface area (Å²) in [6, 6.07) is -0.830. The molecule has 0 radical (unpaired) electrons. The molecule has 0 aromatic heterocycles. The van der Waals surface area contributed by atoms with Crippen LogP contribution in [0.15, 0.2) is 97.2 Å². The van der Waals surface area contributed by atoms with Crippen LogP contribution in [0.2, 0.25) is 0 Å². The molecule has 9 nitrogen and oxygen atoms in total. The maximum atomic E-state index is 13.1. The second-order valence-corrected chi connectivity index (χ2v) is 22.2. The van der Waals surface area contributed by atoms with Crippen LogP contribution in [0.5, 0.6) is 0 Å². The maximum Gasteiger partial charge on any atom is 0.220 e. The zero-order valence-electron chi connectivity index (χ0n) is 50.1. The second-order valence-electron chi connectivity index (χ2n) is 22.2. The summed E-state index contributed by atoms with van der Waals surface area (Å²) in [5.41, 5.74) is 0. The number of aliphatic hydroxyl groups excluding tert-OH is 5. The fraction of sp³-hybridized carbons (Fsp3) is 0.754. The first-order chi connectivity index (χ1) is 38.3. The summed E-state index contributed by atoms with van der Waals surface area (Å²) < 4.78 is 11.3. The van der Waals surface area contributed by atoms with Gasteiger partial charge in [0.05, 0.1) is 25.4 Å². The molecule has 0 bridgehead atoms. The number of hydrogen-bond acceptors (Lipinski definition) is 8. The van der Waals surface area contributed by atoms with E-state index in [0.29, 0.717) is 6.42 Å². The Kier molecular flexibility index (Phi) is 53.8. The van der Waals surface area contributed by atoms with Crippen LogP contribution in [-0.4, -0.2) is 87.5 Å². The molecule has 1 aliphatic heterocycles. The van der Waals surface area contributed by atoms with E-state index in [0.717, 1.165) is 77.0 Å². The van der Waals surface area contributed by atoms with Crippen molar-refractivity contribution in [1.82, 2.24) is 5.32 Å². The molecule has 1 heterocycles. The standard InChI is InChI=1S/C69H121NO8/c1-3-5-7-9-11-13-15-17-19-21-23-25-27-29-30-31-32-33-34-35-37-39-41-43-45-47-49-51-53-55-57-59-65(73)70-62(61-77-69-68(76)67(75)66(74)64(60-71)78-69)63(72)58-56-54-52-50-48-46-44-42-40-38-36-28-26-24-22-20-18-16-14-12-10-8-6-4-2/h5,7,11,13,17,19,23,25,29-30,32-33,48,50,56,58,62-64,66-69,71-72,74-76H,3-4,6,8-10,12,14-16,18,20-22,24,26-28,31,34-47,49,51-55,57,59-61H2,1-2H3,(H,70,73)/b7-5-,13-11-,19-17-,25-23-,30-29-,33-32-,50-48+,58-56+. The van der Waals surface area contributed by atoms with Crippen LogP contribution >= 0.6 is 0 Å². The molecular weight excluding hydrogens is 971 g/mol. The van der Waals surface area contributed by atoms with Gasteiger partial charge in [-0.05, 0) is 83.5 Å². The van der Waals surface area contributed by atoms with Crippen LogP contribution in [0.3, 0.4) is 0 Å². The summed E-state index contributed by atoms with van der Waals surface area (Å²) in [6.07, 6.45) is 76.3. The van der Waals surface area contributed by atoms with Crippen LogP contribution in [0.4, 0.5) is 0 Å². The van der Waals surface area contributed by atoms with Crippen molar-refractivity contribution >= 4 is 5.91 Å². The van der Waals surface area contributed by atoms with E-state index in [1.165, 1.54) is 180 Å². The highest BCUT2D eigenvalue weighted by atomic mass is 16.7. The van der Waals surface area contributed by atoms with Crippen molar-refractivity contribution in [1.29, 1.82) is 0 Å². The highest BCUT2D eigenvalue weighted by molar-refractivity contribution is 5.76. The molecule has 0 spiro atoms. The van der Waals surface area contributed by atoms with Gasteiger partial charge in [-0.15, -0.1) is 0 Å². The molecule has 0 saturated carbocycles. The van der Waals surface area contributed by atoms with E-state index in [4.69, 9.17) is 9.47 Å². The van der Waals surface area contributed by atoms with Gasteiger partial charge in [0.25, 0.3) is 0 Å². The predicted molar refractivity (Wildman–Crippen MR) is 331 cm³/mol. The SMILES string of the molecule is CC/C=C\C/C=C\C/C=C\C/C=C\C/C=C\C/C=C\CCCCCCCCCCCCCCC(=O)NC(COC1OC(CO)C(O)C(O)C1O)C(O)/C=C/CC/C=C/CCCCCCCCCCCCCCCCCCCC. The number of rotatable bonds is 55. The largest absolute Gasteiger partial charge is 0.394 e. The minimum atomic E-state index is -1.58. The zero-order chi connectivity index (χ0) is 56.5. The molecule has 7 unspecified atom stereocenters. The Bertz CT molecular complexity index is 1550. The minimum Gasteiger partial charge on any atom is -0.394 e. The first-order valence-electron chi connectivity index (χ1n) is 32.5. The lowest BCUT2D eigenvalue weighted by Crippen LogP contribution is -2.60. The Morgan fingerprint density at radius 1 is 0.449 bits per heavy atom. The summed E-state index contributed by atoms with van der Waals surface area (Å²) in [5, 5.41) is 54.7. The summed E-state index contributed by atoms with van der Waals surface area (Å²) in [4.78, 5) is 13.1. The maximum absolute atomic E-state index is 13.1. The number of carbonyl (C=O) groups excluding carboxylic acids is 1. The number of unbranched alkanes of at least 4 members (excludes halogenated alkanes) is 31. The van der Waals surface area contributed by atoms with Crippen molar-refractivity contribution in [3.05, 3.63) is 97.2 Å². The molecule has 1 amide bonds. The van der Waals surface area contributed by atoms with Gasteiger partial charge in [-0.25, -0.2) is 0 Å². The molecule has 0 aliphatic carbocycles. The summed E-state index contributed by atoms with van der Waals surface area (Å²) in [6.45, 7) is 3.67. The molecule has 0 aromatic carbocycles. The van der Waals surface area contributed by atoms with Gasteiger partial charge < -0.3 is 40.3 Å². The first-order valence-corrected chi connectivity index (χ1v) is 32.5. The van der Waals surface area contributed by atoms with E-state index < -0.39 is 49.5 Å². The topological polar surface area (TPSA) is 149 Å². The summed E-state index contributed by atoms with van der Waals surface area (Å²) in [7, 11) is 0. The van der Waals surface area contributed by atoms with Gasteiger partial charge in [-0.2, -0.15) is 0 Å². The lowest BCUT2D eigenvalue weighted by Gasteiger charge is -2.40. The molecule has 7 atom stereocenters. The van der Waals surface area contributed by atoms with E-state index in [2.05, 4.69) is 104 Å². The van der Waals surface area contributed by atoms with Crippen LogP contribution < -0.4 is 5.32 Å². The molecule has 1 saturated heterocycles. The number of ether oxygens (including phenoxy) is 2. The highest BCUT2D eigenvalue weighted by Gasteiger charge is 2.44. The Hall–Kier alpha value is -2.89. The molecule has 1 aliphatic rings. The van der Waals surface area contributed by atoms with Gasteiger partial charge in [0.1, 0.15) is 24.4 Å². The van der Waals surface area contributed by atoms with E-state index in [1.54, 1.807) is 6.08 Å². The predicted octanol–water partition coefficient (Wildman–Crippen LogP) is 17.1. The molecular formula is C69H121NO8. The van der Waals surface area contributed by atoms with Crippen molar-refractivity contribution in [3.63, 3.8) is 0 Å². The molecule has 6 N–H and O–H groups in total. The second kappa shape index (κ2) is 57.3. The van der Waals surface area contributed by atoms with E-state index in [9.17, 15) is 30.3 Å². The van der Waals surface area contributed by atoms with Crippen LogP contribution in [0.25, 0.3) is 0 Å². The lowest BCUT2D eigenvalue weighted by molar-refractivity contribution is -0.302. The Morgan fingerprint density at radius 2 is 0.808 bits per heavy atom. The molecule has 78 heavy (non-hydrogen) atoms. The molecule has 0 aromatic rings. The van der Waals surface area contributed by atoms with E-state index in [-0.39, 0.29) is 12.5 Å². The van der Waals surface area contributed by atoms with Crippen molar-refractivity contribution in [3.8, 4) is 0 Å². The molecule has 1 fully saturated rings. The van der Waals surface area contributed by atoms with Crippen molar-refractivity contribution in [2.24, 2.45) is 0 Å². The van der Waals surface area contributed by atoms with Crippen molar-refractivity contribution < 1.29 is 39.8 Å². The van der Waals surface area contributed by atoms with Gasteiger partial charge in [0.2, 0.25) is 5.91 Å². The molecule has 1 rings (SSSR count). The fourth-order valence-corrected chi connectivity index (χ4v) is 9.83. The van der Waals surface area contributed by atoms with Crippen molar-refractivity contribution in [2.75, 3.05) is 13.2 Å². The van der Waals surface area contributed by atoms with E-state index >= 15 is 0 Å². The Morgan fingerprint density at radius 3 is 1.23 bits per heavy atom. The average molecular weight is 1090 g/mol. The summed E-state index contributed by atoms with van der Waals surface area (Å²) >= 11 is 0.